The van der Waals surface area contributed by atoms with Crippen molar-refractivity contribution in [2.45, 2.75) is 13.8 Å². The molecule has 0 unspecified atom stereocenters. The number of aryl methyl sites for hydroxylation is 2. The Bertz CT molecular complexity index is 2740. The Morgan fingerprint density at radius 3 is 1.60 bits per heavy atom. The van der Waals surface area contributed by atoms with Crippen molar-refractivity contribution in [1.82, 2.24) is 19.9 Å². The van der Waals surface area contributed by atoms with Crippen molar-refractivity contribution in [3.63, 3.8) is 0 Å². The fourth-order valence-electron chi connectivity index (χ4n) is 6.98. The van der Waals surface area contributed by atoms with Crippen LogP contribution in [0.25, 0.3) is 89.1 Å². The van der Waals surface area contributed by atoms with Crippen LogP contribution in [-0.4, -0.2) is 19.9 Å². The van der Waals surface area contributed by atoms with Crippen molar-refractivity contribution >= 4 is 21.8 Å². The highest BCUT2D eigenvalue weighted by molar-refractivity contribution is 6.08. The molecule has 0 saturated heterocycles. The maximum atomic E-state index is 5.12. The van der Waals surface area contributed by atoms with Gasteiger partial charge in [-0.3, -0.25) is 9.97 Å². The van der Waals surface area contributed by atoms with E-state index in [1.165, 1.54) is 11.1 Å². The van der Waals surface area contributed by atoms with E-state index in [4.69, 9.17) is 19.9 Å². The van der Waals surface area contributed by atoms with Crippen LogP contribution in [0.5, 0.6) is 0 Å². The van der Waals surface area contributed by atoms with E-state index in [1.807, 2.05) is 31.2 Å². The molecule has 0 aliphatic heterocycles. The minimum absolute atomic E-state index is 0.699. The summed E-state index contributed by atoms with van der Waals surface area (Å²) in [6, 6.07) is 59.5. The summed E-state index contributed by atoms with van der Waals surface area (Å²) in [4.78, 5) is 20.0. The molecule has 246 valence electrons. The molecular weight excluding hydrogens is 633 g/mol. The molecule has 0 radical (unpaired) electrons. The van der Waals surface area contributed by atoms with Crippen molar-refractivity contribution < 1.29 is 0 Å². The number of hydrogen-bond acceptors (Lipinski definition) is 4. The van der Waals surface area contributed by atoms with E-state index in [0.717, 1.165) is 83.5 Å². The minimum Gasteiger partial charge on any atom is -0.251 e. The second kappa shape index (κ2) is 13.2. The lowest BCUT2D eigenvalue weighted by Crippen LogP contribution is -1.96. The molecule has 4 heteroatoms. The Balaban J connectivity index is 1.12. The lowest BCUT2D eigenvalue weighted by atomic mass is 9.94. The van der Waals surface area contributed by atoms with Crippen LogP contribution >= 0.6 is 0 Å². The van der Waals surface area contributed by atoms with E-state index in [2.05, 4.69) is 153 Å². The van der Waals surface area contributed by atoms with Gasteiger partial charge in [0.2, 0.25) is 0 Å². The number of nitrogens with zero attached hydrogens (tertiary/aromatic N) is 4. The Kier molecular flexibility index (Phi) is 7.90. The maximum absolute atomic E-state index is 5.12. The Hall–Kier alpha value is -6.78. The van der Waals surface area contributed by atoms with E-state index in [9.17, 15) is 0 Å². The largest absolute Gasteiger partial charge is 0.251 e. The average Bonchev–Trinajstić information content (AvgIpc) is 3.21. The molecule has 4 nitrogen and oxygen atoms in total. The molecule has 3 aromatic heterocycles. The van der Waals surface area contributed by atoms with Gasteiger partial charge in [-0.15, -0.1) is 0 Å². The normalized spacial score (nSPS) is 11.3. The second-order valence-corrected chi connectivity index (χ2v) is 13.2. The van der Waals surface area contributed by atoms with E-state index in [0.29, 0.717) is 5.82 Å². The predicted molar refractivity (Wildman–Crippen MR) is 215 cm³/mol. The van der Waals surface area contributed by atoms with Gasteiger partial charge in [0, 0.05) is 38.9 Å². The number of aromatic nitrogens is 4. The first kappa shape index (κ1) is 31.2. The molecule has 0 aliphatic rings. The average molecular weight is 667 g/mol. The summed E-state index contributed by atoms with van der Waals surface area (Å²) in [7, 11) is 0. The molecular formula is C48H34N4. The summed E-state index contributed by atoms with van der Waals surface area (Å²) < 4.78 is 0. The van der Waals surface area contributed by atoms with Gasteiger partial charge in [0.05, 0.1) is 22.4 Å². The molecule has 3 heterocycles. The van der Waals surface area contributed by atoms with Crippen molar-refractivity contribution in [3.8, 4) is 67.3 Å². The SMILES string of the molecule is Cc1ccc2ccc3c(-c4cccc(-c5cccc(-c6cc(-c7ccc(-c8ccccc8)cc7)nc(-c7ccccc7)n6)c5)c4)cc(C)nc3c2n1. The zero-order valence-corrected chi connectivity index (χ0v) is 29.0. The van der Waals surface area contributed by atoms with Crippen molar-refractivity contribution in [2.75, 3.05) is 0 Å². The zero-order valence-electron chi connectivity index (χ0n) is 29.0. The second-order valence-electron chi connectivity index (χ2n) is 13.2. The monoisotopic (exact) mass is 666 g/mol. The molecule has 0 spiro atoms. The van der Waals surface area contributed by atoms with Crippen LogP contribution < -0.4 is 0 Å². The lowest BCUT2D eigenvalue weighted by Gasteiger charge is -2.13. The van der Waals surface area contributed by atoms with Crippen molar-refractivity contribution in [3.05, 3.63) is 181 Å². The third-order valence-corrected chi connectivity index (χ3v) is 9.62. The highest BCUT2D eigenvalue weighted by Gasteiger charge is 2.14. The van der Waals surface area contributed by atoms with Gasteiger partial charge in [-0.25, -0.2) is 9.97 Å². The van der Waals surface area contributed by atoms with Gasteiger partial charge < -0.3 is 0 Å². The zero-order chi connectivity index (χ0) is 35.0. The molecule has 0 saturated carbocycles. The Labute approximate surface area is 303 Å². The Morgan fingerprint density at radius 1 is 0.327 bits per heavy atom. The molecule has 0 atom stereocenters. The number of fused-ring (bicyclic) bond motifs is 3. The fourth-order valence-corrected chi connectivity index (χ4v) is 6.98. The summed E-state index contributed by atoms with van der Waals surface area (Å²) in [5, 5.41) is 2.20. The first-order valence-electron chi connectivity index (χ1n) is 17.6. The van der Waals surface area contributed by atoms with Crippen molar-refractivity contribution in [2.24, 2.45) is 0 Å². The number of benzene rings is 6. The minimum atomic E-state index is 0.699. The first-order chi connectivity index (χ1) is 25.6. The van der Waals surface area contributed by atoms with Crippen LogP contribution in [0.15, 0.2) is 170 Å². The molecule has 6 aromatic carbocycles. The number of hydrogen-bond donors (Lipinski definition) is 0. The van der Waals surface area contributed by atoms with E-state index in [1.54, 1.807) is 0 Å². The molecule has 0 amide bonds. The smallest absolute Gasteiger partial charge is 0.160 e. The van der Waals surface area contributed by atoms with Crippen LogP contribution in [-0.2, 0) is 0 Å². The van der Waals surface area contributed by atoms with Crippen LogP contribution in [0.3, 0.4) is 0 Å². The molecule has 0 N–H and O–H groups in total. The molecule has 9 rings (SSSR count). The highest BCUT2D eigenvalue weighted by Crippen LogP contribution is 2.36. The summed E-state index contributed by atoms with van der Waals surface area (Å²) in [5.74, 6) is 0.699. The fraction of sp³-hybridized carbons (Fsp3) is 0.0417. The maximum Gasteiger partial charge on any atom is 0.160 e. The molecule has 0 fully saturated rings. The summed E-state index contributed by atoms with van der Waals surface area (Å²) in [6.45, 7) is 4.09. The van der Waals surface area contributed by atoms with Gasteiger partial charge in [-0.2, -0.15) is 0 Å². The standard InChI is InChI=1S/C48H34N4/c1-31-19-20-36-25-26-42-43(27-32(2)50-47(42)46(36)49-31)40-17-9-15-38(28-40)39-16-10-18-41(29-39)45-30-44(51-48(52-45)37-13-7-4-8-14-37)35-23-21-34(22-24-35)33-11-5-3-6-12-33/h3-30H,1-2H3. The third kappa shape index (κ3) is 6.01. The molecule has 0 aliphatic carbocycles. The van der Waals surface area contributed by atoms with Crippen LogP contribution in [0.1, 0.15) is 11.4 Å². The third-order valence-electron chi connectivity index (χ3n) is 9.62. The predicted octanol–water partition coefficient (Wildman–Crippen LogP) is 12.2. The van der Waals surface area contributed by atoms with Gasteiger partial charge in [-0.05, 0) is 77.6 Å². The number of pyridine rings is 2. The van der Waals surface area contributed by atoms with Crippen LogP contribution in [0.2, 0.25) is 0 Å². The van der Waals surface area contributed by atoms with E-state index >= 15 is 0 Å². The van der Waals surface area contributed by atoms with Gasteiger partial charge in [0.25, 0.3) is 0 Å². The van der Waals surface area contributed by atoms with Gasteiger partial charge in [-0.1, -0.05) is 140 Å². The lowest BCUT2D eigenvalue weighted by molar-refractivity contribution is 1.18. The van der Waals surface area contributed by atoms with Crippen molar-refractivity contribution in [1.29, 1.82) is 0 Å². The van der Waals surface area contributed by atoms with Gasteiger partial charge >= 0.3 is 0 Å². The van der Waals surface area contributed by atoms with Crippen LogP contribution in [0.4, 0.5) is 0 Å². The summed E-state index contributed by atoms with van der Waals surface area (Å²) in [5.41, 5.74) is 15.5. The van der Waals surface area contributed by atoms with Gasteiger partial charge in [0.1, 0.15) is 0 Å². The van der Waals surface area contributed by atoms with E-state index in [-0.39, 0.29) is 0 Å². The summed E-state index contributed by atoms with van der Waals surface area (Å²) >= 11 is 0. The van der Waals surface area contributed by atoms with Crippen LogP contribution in [0, 0.1) is 13.8 Å². The molecule has 9 aromatic rings. The van der Waals surface area contributed by atoms with Gasteiger partial charge in [0.15, 0.2) is 5.82 Å². The molecule has 0 bridgehead atoms. The highest BCUT2D eigenvalue weighted by atomic mass is 14.9. The Morgan fingerprint density at radius 2 is 0.865 bits per heavy atom. The number of rotatable bonds is 6. The quantitative estimate of drug-likeness (QED) is 0.166. The first-order valence-corrected chi connectivity index (χ1v) is 17.6. The molecule has 52 heavy (non-hydrogen) atoms. The topological polar surface area (TPSA) is 51.6 Å². The van der Waals surface area contributed by atoms with E-state index < -0.39 is 0 Å². The summed E-state index contributed by atoms with van der Waals surface area (Å²) in [6.07, 6.45) is 0.